The second kappa shape index (κ2) is 16.2. The van der Waals surface area contributed by atoms with Crippen LogP contribution in [-0.2, 0) is 24.4 Å². The van der Waals surface area contributed by atoms with Crippen LogP contribution >= 0.6 is 23.2 Å². The molecule has 5 rings (SSSR count). The molecule has 1 amide bonds. The molecule has 1 atom stereocenters. The SMILES string of the molecule is CCCCn1cc(-c2ccc(Cl)cc2Cl)nc1[C@H](Cc1ccc(OCc2ccc(C(=O)O)cc2)cc1)NC(=O)/C=C/c1ccc(N)cc1. The van der Waals surface area contributed by atoms with Crippen LogP contribution < -0.4 is 15.8 Å². The summed E-state index contributed by atoms with van der Waals surface area (Å²) < 4.78 is 8.03. The Kier molecular flexibility index (Phi) is 11.6. The summed E-state index contributed by atoms with van der Waals surface area (Å²) in [4.78, 5) is 29.5. The van der Waals surface area contributed by atoms with Crippen molar-refractivity contribution in [3.05, 3.63) is 141 Å². The van der Waals surface area contributed by atoms with Gasteiger partial charge in [-0.25, -0.2) is 9.78 Å². The molecule has 1 heterocycles. The molecule has 4 aromatic carbocycles. The number of anilines is 1. The molecule has 1 aromatic heterocycles. The molecule has 48 heavy (non-hydrogen) atoms. The number of carboxylic acids is 1. The van der Waals surface area contributed by atoms with Gasteiger partial charge in [0, 0.05) is 35.1 Å². The molecule has 0 saturated heterocycles. The quantitative estimate of drug-likeness (QED) is 0.0797. The minimum atomic E-state index is -0.969. The Morgan fingerprint density at radius 2 is 1.69 bits per heavy atom. The number of aromatic nitrogens is 2. The largest absolute Gasteiger partial charge is 0.489 e. The highest BCUT2D eigenvalue weighted by Crippen LogP contribution is 2.32. The number of carbonyl (C=O) groups is 2. The minimum absolute atomic E-state index is 0.226. The topological polar surface area (TPSA) is 119 Å². The average Bonchev–Trinajstić information content (AvgIpc) is 3.50. The van der Waals surface area contributed by atoms with Gasteiger partial charge in [-0.05, 0) is 90.2 Å². The summed E-state index contributed by atoms with van der Waals surface area (Å²) in [6.07, 6.45) is 7.62. The first kappa shape index (κ1) is 34.3. The van der Waals surface area contributed by atoms with Crippen molar-refractivity contribution in [1.82, 2.24) is 14.9 Å². The van der Waals surface area contributed by atoms with Gasteiger partial charge in [0.25, 0.3) is 0 Å². The van der Waals surface area contributed by atoms with E-state index in [4.69, 9.17) is 43.8 Å². The molecule has 0 saturated carbocycles. The summed E-state index contributed by atoms with van der Waals surface area (Å²) in [5.74, 6) is 0.144. The molecule has 0 aliphatic carbocycles. The molecule has 246 valence electrons. The molecule has 0 bridgehead atoms. The van der Waals surface area contributed by atoms with E-state index in [-0.39, 0.29) is 11.5 Å². The second-order valence-corrected chi connectivity index (χ2v) is 12.2. The number of nitrogens with one attached hydrogen (secondary N) is 1. The Morgan fingerprint density at radius 1 is 0.979 bits per heavy atom. The van der Waals surface area contributed by atoms with Gasteiger partial charge >= 0.3 is 5.97 Å². The van der Waals surface area contributed by atoms with Gasteiger partial charge in [0.15, 0.2) is 0 Å². The van der Waals surface area contributed by atoms with Crippen LogP contribution in [0, 0.1) is 0 Å². The molecule has 0 unspecified atom stereocenters. The molecular formula is C38H36Cl2N4O4. The highest BCUT2D eigenvalue weighted by Gasteiger charge is 2.23. The summed E-state index contributed by atoms with van der Waals surface area (Å²) in [6, 6.07) is 26.4. The third kappa shape index (κ3) is 9.27. The van der Waals surface area contributed by atoms with E-state index >= 15 is 0 Å². The zero-order valence-electron chi connectivity index (χ0n) is 26.4. The van der Waals surface area contributed by atoms with E-state index in [1.165, 1.54) is 6.08 Å². The Labute approximate surface area is 289 Å². The number of nitrogens with two attached hydrogens (primary N) is 1. The predicted octanol–water partition coefficient (Wildman–Crippen LogP) is 8.63. The van der Waals surface area contributed by atoms with E-state index in [1.807, 2.05) is 48.7 Å². The van der Waals surface area contributed by atoms with Crippen LogP contribution in [0.1, 0.15) is 58.7 Å². The molecule has 4 N–H and O–H groups in total. The van der Waals surface area contributed by atoms with Gasteiger partial charge in [-0.1, -0.05) is 72.9 Å². The molecule has 5 aromatic rings. The highest BCUT2D eigenvalue weighted by molar-refractivity contribution is 6.36. The van der Waals surface area contributed by atoms with Crippen molar-refractivity contribution in [3.63, 3.8) is 0 Å². The van der Waals surface area contributed by atoms with Crippen LogP contribution in [0.5, 0.6) is 5.75 Å². The van der Waals surface area contributed by atoms with Gasteiger partial charge in [0.1, 0.15) is 18.2 Å². The maximum atomic E-state index is 13.3. The monoisotopic (exact) mass is 682 g/mol. The molecule has 0 aliphatic rings. The standard InChI is InChI=1S/C38H36Cl2N4O4/c1-2-3-20-44-23-35(32-18-13-29(39)22-33(32)40)43-37(44)34(42-36(45)19-10-25-6-14-30(41)15-7-25)21-26-8-16-31(17-9-26)48-24-27-4-11-28(12-5-27)38(46)47/h4-19,22-23,34H,2-3,20-21,24,41H2,1H3,(H,42,45)(H,46,47)/b19-10+/t34-/m0/s1. The van der Waals surface area contributed by atoms with E-state index in [0.717, 1.165) is 41.6 Å². The van der Waals surface area contributed by atoms with Crippen molar-refractivity contribution in [2.45, 2.75) is 45.4 Å². The number of hydrogen-bond acceptors (Lipinski definition) is 5. The first-order valence-electron chi connectivity index (χ1n) is 15.6. The van der Waals surface area contributed by atoms with Gasteiger partial charge in [0.05, 0.1) is 22.3 Å². The van der Waals surface area contributed by atoms with E-state index in [0.29, 0.717) is 46.0 Å². The summed E-state index contributed by atoms with van der Waals surface area (Å²) in [5, 5.41) is 13.3. The van der Waals surface area contributed by atoms with E-state index in [9.17, 15) is 9.59 Å². The van der Waals surface area contributed by atoms with E-state index < -0.39 is 12.0 Å². The molecule has 0 spiro atoms. The Morgan fingerprint density at radius 3 is 2.35 bits per heavy atom. The van der Waals surface area contributed by atoms with Gasteiger partial charge in [-0.3, -0.25) is 4.79 Å². The fourth-order valence-corrected chi connectivity index (χ4v) is 5.62. The average molecular weight is 684 g/mol. The molecular weight excluding hydrogens is 647 g/mol. The maximum Gasteiger partial charge on any atom is 0.335 e. The first-order chi connectivity index (χ1) is 23.2. The van der Waals surface area contributed by atoms with Crippen LogP contribution in [0.15, 0.2) is 103 Å². The third-order valence-corrected chi connectivity index (χ3v) is 8.28. The molecule has 0 radical (unpaired) electrons. The Hall–Kier alpha value is -5.05. The zero-order chi connectivity index (χ0) is 34.0. The van der Waals surface area contributed by atoms with Crippen molar-refractivity contribution in [2.24, 2.45) is 0 Å². The van der Waals surface area contributed by atoms with Crippen LogP contribution in [0.4, 0.5) is 5.69 Å². The fourth-order valence-electron chi connectivity index (χ4n) is 5.12. The number of imidazole rings is 1. The van der Waals surface area contributed by atoms with E-state index in [1.54, 1.807) is 54.6 Å². The van der Waals surface area contributed by atoms with Crippen molar-refractivity contribution in [1.29, 1.82) is 0 Å². The third-order valence-electron chi connectivity index (χ3n) is 7.73. The van der Waals surface area contributed by atoms with Crippen molar-refractivity contribution in [3.8, 4) is 17.0 Å². The first-order valence-corrected chi connectivity index (χ1v) is 16.3. The van der Waals surface area contributed by atoms with Crippen molar-refractivity contribution < 1.29 is 19.4 Å². The summed E-state index contributed by atoms with van der Waals surface area (Å²) in [5.41, 5.74) is 10.8. The Bertz CT molecular complexity index is 1890. The van der Waals surface area contributed by atoms with Crippen LogP contribution in [-0.4, -0.2) is 26.5 Å². The number of aromatic carboxylic acids is 1. The number of ether oxygens (including phenoxy) is 1. The molecule has 0 fully saturated rings. The number of hydrogen-bond donors (Lipinski definition) is 3. The summed E-state index contributed by atoms with van der Waals surface area (Å²) in [6.45, 7) is 3.14. The maximum absolute atomic E-state index is 13.3. The lowest BCUT2D eigenvalue weighted by Crippen LogP contribution is -2.30. The number of halogens is 2. The number of unbranched alkanes of at least 4 members (excludes halogenated alkanes) is 1. The number of carbonyl (C=O) groups excluding carboxylic acids is 1. The lowest BCUT2D eigenvalue weighted by molar-refractivity contribution is -0.117. The highest BCUT2D eigenvalue weighted by atomic mass is 35.5. The van der Waals surface area contributed by atoms with Crippen LogP contribution in [0.3, 0.4) is 0 Å². The van der Waals surface area contributed by atoms with Crippen LogP contribution in [0.2, 0.25) is 10.0 Å². The van der Waals surface area contributed by atoms with Crippen molar-refractivity contribution in [2.75, 3.05) is 5.73 Å². The van der Waals surface area contributed by atoms with Gasteiger partial charge in [-0.2, -0.15) is 0 Å². The summed E-state index contributed by atoms with van der Waals surface area (Å²) >= 11 is 12.7. The predicted molar refractivity (Wildman–Crippen MR) is 191 cm³/mol. The fraction of sp³-hybridized carbons (Fsp3) is 0.184. The Balaban J connectivity index is 1.39. The molecule has 10 heteroatoms. The lowest BCUT2D eigenvalue weighted by Gasteiger charge is -2.20. The van der Waals surface area contributed by atoms with Crippen LogP contribution in [0.25, 0.3) is 17.3 Å². The zero-order valence-corrected chi connectivity index (χ0v) is 27.9. The normalized spacial score (nSPS) is 11.8. The smallest absolute Gasteiger partial charge is 0.335 e. The molecule has 0 aliphatic heterocycles. The number of nitrogens with zero attached hydrogens (tertiary/aromatic N) is 2. The van der Waals surface area contributed by atoms with Crippen molar-refractivity contribution >= 4 is 46.8 Å². The number of aryl methyl sites for hydroxylation is 1. The van der Waals surface area contributed by atoms with Gasteiger partial charge < -0.3 is 25.5 Å². The molecule has 8 nitrogen and oxygen atoms in total. The van der Waals surface area contributed by atoms with Gasteiger partial charge in [-0.15, -0.1) is 0 Å². The number of rotatable bonds is 14. The minimum Gasteiger partial charge on any atom is -0.489 e. The number of nitrogen functional groups attached to an aromatic ring is 1. The summed E-state index contributed by atoms with van der Waals surface area (Å²) in [7, 11) is 0. The second-order valence-electron chi connectivity index (χ2n) is 11.4. The lowest BCUT2D eigenvalue weighted by atomic mass is 10.0. The van der Waals surface area contributed by atoms with E-state index in [2.05, 4.69) is 16.8 Å². The number of amides is 1. The van der Waals surface area contributed by atoms with Gasteiger partial charge in [0.2, 0.25) is 5.91 Å². The number of carboxylic acid groups (broad SMARTS) is 1. The number of benzene rings is 4.